The van der Waals surface area contributed by atoms with Crippen LogP contribution in [0.4, 0.5) is 0 Å². The summed E-state index contributed by atoms with van der Waals surface area (Å²) < 4.78 is 0. The zero-order chi connectivity index (χ0) is 7.94. The van der Waals surface area contributed by atoms with Crippen LogP contribution in [0.1, 0.15) is 5.56 Å². The van der Waals surface area contributed by atoms with E-state index in [1.54, 1.807) is 0 Å². The molecule has 0 fully saturated rings. The highest BCUT2D eigenvalue weighted by Crippen LogP contribution is 2.09. The van der Waals surface area contributed by atoms with E-state index in [9.17, 15) is 0 Å². The first-order chi connectivity index (χ1) is 5.43. The van der Waals surface area contributed by atoms with Gasteiger partial charge in [0, 0.05) is 11.5 Å². The number of benzene rings is 1. The summed E-state index contributed by atoms with van der Waals surface area (Å²) in [6, 6.07) is 10.5. The molecule has 0 saturated heterocycles. The molecule has 0 heterocycles. The lowest BCUT2D eigenvalue weighted by atomic mass is 10.2. The summed E-state index contributed by atoms with van der Waals surface area (Å²) >= 11 is 1.94. The fourth-order valence-corrected chi connectivity index (χ4v) is 1.64. The predicted molar refractivity (Wildman–Crippen MR) is 50.4 cm³/mol. The predicted octanol–water partition coefficient (Wildman–Crippen LogP) is -1.83. The van der Waals surface area contributed by atoms with E-state index in [1.165, 1.54) is 5.56 Å². The Kier molecular flexibility index (Phi) is 7.36. The van der Waals surface area contributed by atoms with Gasteiger partial charge in [-0.25, -0.2) is 0 Å². The van der Waals surface area contributed by atoms with Crippen LogP contribution in [-0.4, -0.2) is 12.3 Å². The normalized spacial score (nSPS) is 9.08. The third-order valence-electron chi connectivity index (χ3n) is 1.40. The minimum absolute atomic E-state index is 0. The van der Waals surface area contributed by atoms with Gasteiger partial charge in [-0.1, -0.05) is 30.3 Å². The van der Waals surface area contributed by atoms with E-state index in [1.807, 2.05) is 11.8 Å². The number of halogens is 1. The number of thioether (sulfide) groups is 1. The Labute approximate surface area is 84.1 Å². The molecule has 3 N–H and O–H groups in total. The third-order valence-corrected chi connectivity index (χ3v) is 2.52. The Hall–Kier alpha value is -0.180. The van der Waals surface area contributed by atoms with Gasteiger partial charge in [0.1, 0.15) is 0 Å². The molecule has 0 radical (unpaired) electrons. The second-order valence-electron chi connectivity index (χ2n) is 2.39. The second kappa shape index (κ2) is 7.47. The molecule has 1 aromatic carbocycles. The maximum atomic E-state index is 3.80. The van der Waals surface area contributed by atoms with Crippen molar-refractivity contribution in [3.05, 3.63) is 35.9 Å². The highest BCUT2D eigenvalue weighted by atomic mass is 35.5. The van der Waals surface area contributed by atoms with E-state index in [0.29, 0.717) is 0 Å². The zero-order valence-electron chi connectivity index (χ0n) is 7.00. The van der Waals surface area contributed by atoms with E-state index in [-0.39, 0.29) is 12.4 Å². The van der Waals surface area contributed by atoms with Crippen molar-refractivity contribution in [2.45, 2.75) is 5.75 Å². The fraction of sp³-hybridized carbons (Fsp3) is 0.333. The maximum Gasteiger partial charge on any atom is 0.0831 e. The van der Waals surface area contributed by atoms with Gasteiger partial charge in [0.25, 0.3) is 0 Å². The molecule has 0 aromatic heterocycles. The molecule has 1 aromatic rings. The molecular formula is C9H14ClNS. The van der Waals surface area contributed by atoms with Gasteiger partial charge in [0.2, 0.25) is 0 Å². The fourth-order valence-electron chi connectivity index (χ4n) is 0.866. The van der Waals surface area contributed by atoms with Crippen LogP contribution in [0, 0.1) is 0 Å². The highest BCUT2D eigenvalue weighted by molar-refractivity contribution is 7.98. The molecule has 0 aliphatic carbocycles. The lowest BCUT2D eigenvalue weighted by molar-refractivity contribution is -0.360. The summed E-state index contributed by atoms with van der Waals surface area (Å²) in [4.78, 5) is 0. The van der Waals surface area contributed by atoms with Crippen LogP contribution in [0.3, 0.4) is 0 Å². The molecular weight excluding hydrogens is 190 g/mol. The highest BCUT2D eigenvalue weighted by Gasteiger charge is 1.90. The summed E-state index contributed by atoms with van der Waals surface area (Å²) in [6.45, 7) is 1.03. The summed E-state index contributed by atoms with van der Waals surface area (Å²) in [5.74, 6) is 2.28. The molecule has 0 saturated carbocycles. The number of hydrogen-bond donors (Lipinski definition) is 1. The number of rotatable bonds is 4. The first-order valence-electron chi connectivity index (χ1n) is 3.84. The van der Waals surface area contributed by atoms with Crippen molar-refractivity contribution >= 4 is 11.8 Å². The summed E-state index contributed by atoms with van der Waals surface area (Å²) in [7, 11) is 0. The van der Waals surface area contributed by atoms with Crippen molar-refractivity contribution in [1.82, 2.24) is 0 Å². The molecule has 0 aliphatic rings. The third kappa shape index (κ3) is 4.65. The largest absolute Gasteiger partial charge is 1.00 e. The SMILES string of the molecule is [Cl-].[NH3+]CCSCc1ccccc1. The van der Waals surface area contributed by atoms with E-state index in [4.69, 9.17) is 0 Å². The minimum atomic E-state index is 0. The Bertz CT molecular complexity index is 191. The van der Waals surface area contributed by atoms with Crippen molar-refractivity contribution in [2.24, 2.45) is 0 Å². The van der Waals surface area contributed by atoms with Crippen molar-refractivity contribution in [3.8, 4) is 0 Å². The molecule has 12 heavy (non-hydrogen) atoms. The van der Waals surface area contributed by atoms with Gasteiger partial charge in [0.05, 0.1) is 6.54 Å². The lowest BCUT2D eigenvalue weighted by Crippen LogP contribution is -3.00. The van der Waals surface area contributed by atoms with Crippen LogP contribution in [0.25, 0.3) is 0 Å². The quantitative estimate of drug-likeness (QED) is 0.573. The van der Waals surface area contributed by atoms with Crippen LogP contribution < -0.4 is 18.1 Å². The van der Waals surface area contributed by atoms with E-state index < -0.39 is 0 Å². The first kappa shape index (κ1) is 11.8. The van der Waals surface area contributed by atoms with Crippen LogP contribution in [0.2, 0.25) is 0 Å². The molecule has 0 unspecified atom stereocenters. The molecule has 1 nitrogen and oxygen atoms in total. The lowest BCUT2D eigenvalue weighted by Gasteiger charge is -1.97. The van der Waals surface area contributed by atoms with E-state index in [2.05, 4.69) is 36.1 Å². The first-order valence-corrected chi connectivity index (χ1v) is 5.00. The van der Waals surface area contributed by atoms with Gasteiger partial charge < -0.3 is 18.1 Å². The molecule has 0 amide bonds. The van der Waals surface area contributed by atoms with Gasteiger partial charge in [-0.3, -0.25) is 0 Å². The van der Waals surface area contributed by atoms with Crippen LogP contribution >= 0.6 is 11.8 Å². The monoisotopic (exact) mass is 203 g/mol. The smallest absolute Gasteiger partial charge is 0.0831 e. The molecule has 0 spiro atoms. The van der Waals surface area contributed by atoms with Crippen molar-refractivity contribution in [1.29, 1.82) is 0 Å². The van der Waals surface area contributed by atoms with Crippen LogP contribution in [0.15, 0.2) is 30.3 Å². The molecule has 3 heteroatoms. The molecule has 0 atom stereocenters. The maximum absolute atomic E-state index is 3.80. The zero-order valence-corrected chi connectivity index (χ0v) is 8.57. The summed E-state index contributed by atoms with van der Waals surface area (Å²) in [6.07, 6.45) is 0. The Morgan fingerprint density at radius 2 is 1.83 bits per heavy atom. The van der Waals surface area contributed by atoms with Gasteiger partial charge >= 0.3 is 0 Å². The average Bonchev–Trinajstić information content (AvgIpc) is 2.07. The van der Waals surface area contributed by atoms with E-state index >= 15 is 0 Å². The van der Waals surface area contributed by atoms with Crippen LogP contribution in [-0.2, 0) is 5.75 Å². The van der Waals surface area contributed by atoms with Gasteiger partial charge in [-0.05, 0) is 5.56 Å². The van der Waals surface area contributed by atoms with Crippen molar-refractivity contribution in [2.75, 3.05) is 12.3 Å². The van der Waals surface area contributed by atoms with Gasteiger partial charge in [0.15, 0.2) is 0 Å². The standard InChI is InChI=1S/C9H13NS.ClH/c10-6-7-11-8-9-4-2-1-3-5-9;/h1-5H,6-8,10H2;1H. The van der Waals surface area contributed by atoms with E-state index in [0.717, 1.165) is 18.1 Å². The van der Waals surface area contributed by atoms with Gasteiger partial charge in [-0.15, -0.1) is 0 Å². The van der Waals surface area contributed by atoms with Gasteiger partial charge in [-0.2, -0.15) is 11.8 Å². The minimum Gasteiger partial charge on any atom is -1.00 e. The molecule has 0 bridgehead atoms. The Balaban J connectivity index is 0.00000121. The second-order valence-corrected chi connectivity index (χ2v) is 3.50. The molecule has 0 aliphatic heterocycles. The van der Waals surface area contributed by atoms with Crippen molar-refractivity contribution in [3.63, 3.8) is 0 Å². The number of quaternary nitrogens is 1. The topological polar surface area (TPSA) is 27.6 Å². The summed E-state index contributed by atoms with van der Waals surface area (Å²) in [5.41, 5.74) is 5.20. The van der Waals surface area contributed by atoms with Crippen molar-refractivity contribution < 1.29 is 18.1 Å². The molecule has 68 valence electrons. The molecule has 1 rings (SSSR count). The Morgan fingerprint density at radius 1 is 1.17 bits per heavy atom. The Morgan fingerprint density at radius 3 is 2.42 bits per heavy atom. The number of hydrogen-bond acceptors (Lipinski definition) is 1. The van der Waals surface area contributed by atoms with Crippen LogP contribution in [0.5, 0.6) is 0 Å². The average molecular weight is 204 g/mol. The summed E-state index contributed by atoms with van der Waals surface area (Å²) in [5, 5.41) is 0.